The van der Waals surface area contributed by atoms with E-state index in [2.05, 4.69) is 10.5 Å². The van der Waals surface area contributed by atoms with Crippen LogP contribution < -0.4 is 14.5 Å². The number of nitrogens with one attached hydrogen (secondary N) is 1. The van der Waals surface area contributed by atoms with Gasteiger partial charge in [0.1, 0.15) is 18.0 Å². The Morgan fingerprint density at radius 1 is 0.969 bits per heavy atom. The van der Waals surface area contributed by atoms with E-state index in [1.54, 1.807) is 55.5 Å². The lowest BCUT2D eigenvalue weighted by molar-refractivity contribution is -0.119. The molecule has 0 aliphatic rings. The maximum absolute atomic E-state index is 12.4. The van der Waals surface area contributed by atoms with Gasteiger partial charge in [-0.25, -0.2) is 13.8 Å². The average Bonchev–Trinajstić information content (AvgIpc) is 2.77. The topological polar surface area (TPSA) is 88.1 Å². The molecule has 1 amide bonds. The zero-order valence-corrected chi connectivity index (χ0v) is 19.1. The van der Waals surface area contributed by atoms with Gasteiger partial charge in [-0.2, -0.15) is 5.10 Å². The summed E-state index contributed by atoms with van der Waals surface area (Å²) in [7, 11) is -3.71. The molecule has 0 aliphatic heterocycles. The van der Waals surface area contributed by atoms with Gasteiger partial charge in [0.15, 0.2) is 0 Å². The van der Waals surface area contributed by atoms with Gasteiger partial charge in [0.25, 0.3) is 5.91 Å². The van der Waals surface area contributed by atoms with Gasteiger partial charge in [0.05, 0.1) is 17.7 Å². The molecular formula is C23H22ClN3O4S. The number of hydrogen-bond acceptors (Lipinski definition) is 5. The third-order valence-electron chi connectivity index (χ3n) is 4.40. The number of nitrogens with zero attached hydrogens (tertiary/aromatic N) is 2. The van der Waals surface area contributed by atoms with Crippen LogP contribution in [0.15, 0.2) is 84.0 Å². The zero-order chi connectivity index (χ0) is 23.1. The van der Waals surface area contributed by atoms with Crippen molar-refractivity contribution < 1.29 is 17.9 Å². The Morgan fingerprint density at radius 3 is 2.16 bits per heavy atom. The summed E-state index contributed by atoms with van der Waals surface area (Å²) >= 11 is 5.87. The standard InChI is InChI=1S/C23H22ClN3O4S/c1-17(18-8-10-19(24)11-9-18)25-26-23(28)16-27(32(2,29)30)20-12-14-22(15-13-20)31-21-6-4-3-5-7-21/h3-15H,16H2,1-2H3,(H,26,28)/b25-17+. The maximum Gasteiger partial charge on any atom is 0.260 e. The number of carbonyl (C=O) groups is 1. The molecule has 3 rings (SSSR count). The van der Waals surface area contributed by atoms with Crippen molar-refractivity contribution in [3.8, 4) is 11.5 Å². The quantitative estimate of drug-likeness (QED) is 0.388. The molecule has 0 atom stereocenters. The monoisotopic (exact) mass is 471 g/mol. The molecule has 0 radical (unpaired) electrons. The normalized spacial score (nSPS) is 11.7. The van der Waals surface area contributed by atoms with Crippen molar-refractivity contribution in [2.45, 2.75) is 6.92 Å². The Bertz CT molecular complexity index is 1200. The average molecular weight is 472 g/mol. The zero-order valence-electron chi connectivity index (χ0n) is 17.5. The number of rotatable bonds is 8. The lowest BCUT2D eigenvalue weighted by atomic mass is 10.1. The van der Waals surface area contributed by atoms with E-state index in [1.165, 1.54) is 0 Å². The smallest absolute Gasteiger partial charge is 0.260 e. The highest BCUT2D eigenvalue weighted by Crippen LogP contribution is 2.25. The minimum absolute atomic E-state index is 0.335. The molecule has 9 heteroatoms. The van der Waals surface area contributed by atoms with Crippen LogP contribution >= 0.6 is 11.6 Å². The first kappa shape index (κ1) is 23.3. The molecular weight excluding hydrogens is 450 g/mol. The predicted molar refractivity (Wildman–Crippen MR) is 127 cm³/mol. The third kappa shape index (κ3) is 6.57. The number of para-hydroxylation sites is 1. The summed E-state index contributed by atoms with van der Waals surface area (Å²) in [6.07, 6.45) is 1.04. The van der Waals surface area contributed by atoms with Gasteiger partial charge in [-0.05, 0) is 61.0 Å². The highest BCUT2D eigenvalue weighted by Gasteiger charge is 2.21. The Labute approximate surface area is 192 Å². The molecule has 0 saturated heterocycles. The fraction of sp³-hybridized carbons (Fsp3) is 0.130. The van der Waals surface area contributed by atoms with Crippen molar-refractivity contribution in [2.75, 3.05) is 17.1 Å². The Morgan fingerprint density at radius 2 is 1.56 bits per heavy atom. The van der Waals surface area contributed by atoms with E-state index < -0.39 is 22.5 Å². The molecule has 0 aromatic heterocycles. The molecule has 0 aliphatic carbocycles. The summed E-state index contributed by atoms with van der Waals surface area (Å²) in [5.74, 6) is 0.628. The van der Waals surface area contributed by atoms with E-state index in [1.807, 2.05) is 30.3 Å². The largest absolute Gasteiger partial charge is 0.457 e. The number of hydrazone groups is 1. The Kier molecular flexibility index (Phi) is 7.50. The van der Waals surface area contributed by atoms with Crippen LogP contribution in [0.3, 0.4) is 0 Å². The molecule has 0 fully saturated rings. The van der Waals surface area contributed by atoms with Crippen LogP contribution in [0.25, 0.3) is 0 Å². The van der Waals surface area contributed by atoms with Gasteiger partial charge in [-0.1, -0.05) is 41.9 Å². The number of hydrogen-bond donors (Lipinski definition) is 1. The first-order valence-corrected chi connectivity index (χ1v) is 11.8. The molecule has 7 nitrogen and oxygen atoms in total. The number of sulfonamides is 1. The molecule has 0 saturated carbocycles. The second kappa shape index (κ2) is 10.3. The van der Waals surface area contributed by atoms with Crippen molar-refractivity contribution in [3.63, 3.8) is 0 Å². The van der Waals surface area contributed by atoms with Crippen LogP contribution in [0.5, 0.6) is 11.5 Å². The van der Waals surface area contributed by atoms with Crippen LogP contribution in [0.2, 0.25) is 5.02 Å². The van der Waals surface area contributed by atoms with Gasteiger partial charge in [-0.15, -0.1) is 0 Å². The Balaban J connectivity index is 1.69. The van der Waals surface area contributed by atoms with Gasteiger partial charge in [-0.3, -0.25) is 9.10 Å². The molecule has 166 valence electrons. The third-order valence-corrected chi connectivity index (χ3v) is 5.79. The SMILES string of the molecule is C/C(=N\NC(=O)CN(c1ccc(Oc2ccccc2)cc1)S(C)(=O)=O)c1ccc(Cl)cc1. The van der Waals surface area contributed by atoms with Crippen LogP contribution in [0, 0.1) is 0 Å². The van der Waals surface area contributed by atoms with Gasteiger partial charge in [0.2, 0.25) is 10.0 Å². The molecule has 0 bridgehead atoms. The minimum Gasteiger partial charge on any atom is -0.457 e. The Hall–Kier alpha value is -3.36. The van der Waals surface area contributed by atoms with Crippen molar-refractivity contribution >= 4 is 38.9 Å². The van der Waals surface area contributed by atoms with Crippen LogP contribution in [-0.2, 0) is 14.8 Å². The lowest BCUT2D eigenvalue weighted by Gasteiger charge is -2.21. The summed E-state index contributed by atoms with van der Waals surface area (Å²) in [6, 6.07) is 22.6. The summed E-state index contributed by atoms with van der Waals surface area (Å²) in [4.78, 5) is 12.4. The second-order valence-electron chi connectivity index (χ2n) is 6.92. The minimum atomic E-state index is -3.71. The molecule has 0 spiro atoms. The number of halogens is 1. The van der Waals surface area contributed by atoms with Crippen molar-refractivity contribution in [1.82, 2.24) is 5.43 Å². The summed E-state index contributed by atoms with van der Waals surface area (Å²) in [5.41, 5.74) is 4.07. The van der Waals surface area contributed by atoms with Crippen molar-refractivity contribution in [1.29, 1.82) is 0 Å². The number of anilines is 1. The van der Waals surface area contributed by atoms with E-state index in [-0.39, 0.29) is 0 Å². The first-order valence-electron chi connectivity index (χ1n) is 9.62. The maximum atomic E-state index is 12.4. The van der Waals surface area contributed by atoms with Crippen LogP contribution in [0.1, 0.15) is 12.5 Å². The summed E-state index contributed by atoms with van der Waals surface area (Å²) < 4.78 is 31.3. The molecule has 3 aromatic rings. The molecule has 0 heterocycles. The fourth-order valence-electron chi connectivity index (χ4n) is 2.77. The molecule has 1 N–H and O–H groups in total. The number of amides is 1. The predicted octanol–water partition coefficient (Wildman–Crippen LogP) is 4.44. The van der Waals surface area contributed by atoms with Gasteiger partial charge < -0.3 is 4.74 Å². The highest BCUT2D eigenvalue weighted by atomic mass is 35.5. The summed E-state index contributed by atoms with van der Waals surface area (Å²) in [5, 5.41) is 4.64. The second-order valence-corrected chi connectivity index (χ2v) is 9.26. The highest BCUT2D eigenvalue weighted by molar-refractivity contribution is 7.92. The fourth-order valence-corrected chi connectivity index (χ4v) is 3.76. The number of carbonyl (C=O) groups excluding carboxylic acids is 1. The van der Waals surface area contributed by atoms with E-state index in [0.717, 1.165) is 16.1 Å². The van der Waals surface area contributed by atoms with E-state index >= 15 is 0 Å². The van der Waals surface area contributed by atoms with E-state index in [0.29, 0.717) is 27.9 Å². The lowest BCUT2D eigenvalue weighted by Crippen LogP contribution is -2.39. The van der Waals surface area contributed by atoms with E-state index in [4.69, 9.17) is 16.3 Å². The van der Waals surface area contributed by atoms with Crippen LogP contribution in [0.4, 0.5) is 5.69 Å². The van der Waals surface area contributed by atoms with Gasteiger partial charge in [0, 0.05) is 5.02 Å². The van der Waals surface area contributed by atoms with Crippen molar-refractivity contribution in [2.24, 2.45) is 5.10 Å². The number of benzene rings is 3. The molecule has 3 aromatic carbocycles. The van der Waals surface area contributed by atoms with Crippen LogP contribution in [-0.4, -0.2) is 32.8 Å². The van der Waals surface area contributed by atoms with Gasteiger partial charge >= 0.3 is 0 Å². The van der Waals surface area contributed by atoms with Crippen molar-refractivity contribution in [3.05, 3.63) is 89.4 Å². The molecule has 0 unspecified atom stereocenters. The summed E-state index contributed by atoms with van der Waals surface area (Å²) in [6.45, 7) is 1.30. The molecule has 32 heavy (non-hydrogen) atoms. The first-order chi connectivity index (χ1) is 15.2. The van der Waals surface area contributed by atoms with E-state index in [9.17, 15) is 13.2 Å². The number of ether oxygens (including phenoxy) is 1.